The zero-order valence-corrected chi connectivity index (χ0v) is 20.2. The summed E-state index contributed by atoms with van der Waals surface area (Å²) in [5, 5.41) is 8.38. The molecular formula is C24H27N5O3S. The van der Waals surface area contributed by atoms with E-state index in [9.17, 15) is 4.79 Å². The van der Waals surface area contributed by atoms with Crippen LogP contribution in [0.4, 0.5) is 5.13 Å². The summed E-state index contributed by atoms with van der Waals surface area (Å²) in [5.74, 6) is 1.27. The standard InChI is InChI=1S/C24H27N5O3S/c1-15-7-6-8-18(11-15)29-23-22(16(2)27-29)33-24(26-23)28(3)14-21(30)25-13-17-9-10-19(31-4)12-20(17)32-5/h6-12H,13-14H2,1-5H3,(H,25,30). The van der Waals surface area contributed by atoms with Crippen molar-refractivity contribution in [2.24, 2.45) is 0 Å². The number of amides is 1. The molecule has 0 bridgehead atoms. The van der Waals surface area contributed by atoms with E-state index in [4.69, 9.17) is 14.5 Å². The summed E-state index contributed by atoms with van der Waals surface area (Å²) in [6, 6.07) is 13.7. The van der Waals surface area contributed by atoms with Crippen molar-refractivity contribution in [3.05, 3.63) is 59.3 Å². The van der Waals surface area contributed by atoms with Gasteiger partial charge in [0.25, 0.3) is 0 Å². The normalized spacial score (nSPS) is 10.9. The molecule has 0 aliphatic carbocycles. The van der Waals surface area contributed by atoms with Gasteiger partial charge in [0.1, 0.15) is 11.5 Å². The number of fused-ring (bicyclic) bond motifs is 1. The van der Waals surface area contributed by atoms with E-state index in [2.05, 4.69) is 29.5 Å². The predicted octanol–water partition coefficient (Wildman–Crippen LogP) is 3.87. The van der Waals surface area contributed by atoms with Gasteiger partial charge in [-0.05, 0) is 43.7 Å². The first-order valence-electron chi connectivity index (χ1n) is 10.5. The molecule has 2 aromatic carbocycles. The van der Waals surface area contributed by atoms with Crippen LogP contribution in [0.3, 0.4) is 0 Å². The van der Waals surface area contributed by atoms with Gasteiger partial charge in [0, 0.05) is 25.2 Å². The van der Waals surface area contributed by atoms with Gasteiger partial charge in [-0.3, -0.25) is 4.79 Å². The maximum absolute atomic E-state index is 12.6. The van der Waals surface area contributed by atoms with Crippen molar-refractivity contribution < 1.29 is 14.3 Å². The summed E-state index contributed by atoms with van der Waals surface area (Å²) in [4.78, 5) is 19.3. The number of aromatic nitrogens is 3. The predicted molar refractivity (Wildman–Crippen MR) is 131 cm³/mol. The molecule has 1 N–H and O–H groups in total. The van der Waals surface area contributed by atoms with Crippen LogP contribution in [0.25, 0.3) is 16.0 Å². The van der Waals surface area contributed by atoms with Crippen LogP contribution in [0, 0.1) is 13.8 Å². The molecule has 4 aromatic rings. The van der Waals surface area contributed by atoms with Crippen molar-refractivity contribution in [3.8, 4) is 17.2 Å². The highest BCUT2D eigenvalue weighted by atomic mass is 32.1. The molecule has 0 aliphatic heterocycles. The fourth-order valence-corrected chi connectivity index (χ4v) is 4.50. The van der Waals surface area contributed by atoms with Crippen LogP contribution in [-0.2, 0) is 11.3 Å². The molecule has 8 nitrogen and oxygen atoms in total. The second-order valence-corrected chi connectivity index (χ2v) is 8.77. The average Bonchev–Trinajstić information content (AvgIpc) is 3.38. The van der Waals surface area contributed by atoms with Gasteiger partial charge in [-0.25, -0.2) is 4.68 Å². The Hall–Kier alpha value is -3.59. The SMILES string of the molecule is COc1ccc(CNC(=O)CN(C)c2nc3c(s2)c(C)nn3-c2cccc(C)c2)c(OC)c1. The molecule has 1 amide bonds. The molecule has 9 heteroatoms. The lowest BCUT2D eigenvalue weighted by atomic mass is 10.2. The van der Waals surface area contributed by atoms with Crippen LogP contribution in [0.1, 0.15) is 16.8 Å². The van der Waals surface area contributed by atoms with E-state index in [-0.39, 0.29) is 12.5 Å². The second kappa shape index (κ2) is 9.50. The highest BCUT2D eigenvalue weighted by Crippen LogP contribution is 2.32. The largest absolute Gasteiger partial charge is 0.497 e. The monoisotopic (exact) mass is 465 g/mol. The minimum Gasteiger partial charge on any atom is -0.497 e. The van der Waals surface area contributed by atoms with Crippen LogP contribution < -0.4 is 19.7 Å². The first-order valence-corrected chi connectivity index (χ1v) is 11.3. The van der Waals surface area contributed by atoms with E-state index < -0.39 is 0 Å². The molecule has 2 aromatic heterocycles. The molecule has 0 saturated carbocycles. The van der Waals surface area contributed by atoms with Crippen molar-refractivity contribution in [2.75, 3.05) is 32.7 Å². The van der Waals surface area contributed by atoms with E-state index in [1.807, 2.05) is 47.8 Å². The number of aryl methyl sites for hydroxylation is 2. The van der Waals surface area contributed by atoms with E-state index in [0.717, 1.165) is 38.0 Å². The number of rotatable bonds is 8. The molecule has 0 atom stereocenters. The molecule has 33 heavy (non-hydrogen) atoms. The molecule has 2 heterocycles. The third kappa shape index (κ3) is 4.78. The van der Waals surface area contributed by atoms with Gasteiger partial charge < -0.3 is 19.7 Å². The number of methoxy groups -OCH3 is 2. The van der Waals surface area contributed by atoms with E-state index in [1.54, 1.807) is 20.3 Å². The Kier molecular flexibility index (Phi) is 6.50. The minimum atomic E-state index is -0.105. The van der Waals surface area contributed by atoms with Gasteiger partial charge in [0.15, 0.2) is 10.8 Å². The summed E-state index contributed by atoms with van der Waals surface area (Å²) in [7, 11) is 5.07. The van der Waals surface area contributed by atoms with Gasteiger partial charge in [-0.15, -0.1) is 0 Å². The number of carbonyl (C=O) groups is 1. The zero-order valence-electron chi connectivity index (χ0n) is 19.4. The molecule has 0 aliphatic rings. The van der Waals surface area contributed by atoms with Crippen LogP contribution in [-0.4, -0.2) is 48.5 Å². The Morgan fingerprint density at radius 2 is 1.97 bits per heavy atom. The van der Waals surface area contributed by atoms with Crippen molar-refractivity contribution in [3.63, 3.8) is 0 Å². The number of benzene rings is 2. The van der Waals surface area contributed by atoms with Gasteiger partial charge >= 0.3 is 0 Å². The Morgan fingerprint density at radius 1 is 1.15 bits per heavy atom. The third-order valence-electron chi connectivity index (χ3n) is 5.30. The average molecular weight is 466 g/mol. The van der Waals surface area contributed by atoms with Crippen molar-refractivity contribution >= 4 is 32.7 Å². The number of nitrogens with zero attached hydrogens (tertiary/aromatic N) is 4. The van der Waals surface area contributed by atoms with E-state index >= 15 is 0 Å². The Balaban J connectivity index is 1.46. The lowest BCUT2D eigenvalue weighted by molar-refractivity contribution is -0.119. The highest BCUT2D eigenvalue weighted by Gasteiger charge is 2.18. The summed E-state index contributed by atoms with van der Waals surface area (Å²) in [6.45, 7) is 4.58. The molecule has 0 spiro atoms. The quantitative estimate of drug-likeness (QED) is 0.426. The number of anilines is 1. The van der Waals surface area contributed by atoms with E-state index in [1.165, 1.54) is 11.3 Å². The number of likely N-dealkylation sites (N-methyl/N-ethyl adjacent to an activating group) is 1. The van der Waals surface area contributed by atoms with Crippen molar-refractivity contribution in [1.82, 2.24) is 20.1 Å². The fourth-order valence-electron chi connectivity index (χ4n) is 3.56. The number of hydrogen-bond donors (Lipinski definition) is 1. The summed E-state index contributed by atoms with van der Waals surface area (Å²) in [5.41, 5.74) is 4.72. The van der Waals surface area contributed by atoms with Crippen LogP contribution in [0.15, 0.2) is 42.5 Å². The number of hydrogen-bond acceptors (Lipinski definition) is 7. The molecule has 4 rings (SSSR count). The smallest absolute Gasteiger partial charge is 0.239 e. The number of thiazole rings is 1. The first kappa shape index (κ1) is 22.6. The minimum absolute atomic E-state index is 0.105. The Morgan fingerprint density at radius 3 is 2.70 bits per heavy atom. The van der Waals surface area contributed by atoms with Crippen LogP contribution >= 0.6 is 11.3 Å². The van der Waals surface area contributed by atoms with Gasteiger partial charge in [-0.1, -0.05) is 23.5 Å². The second-order valence-electron chi connectivity index (χ2n) is 7.80. The lowest BCUT2D eigenvalue weighted by Gasteiger charge is -2.16. The summed E-state index contributed by atoms with van der Waals surface area (Å²) >= 11 is 1.54. The van der Waals surface area contributed by atoms with Crippen molar-refractivity contribution in [1.29, 1.82) is 0 Å². The van der Waals surface area contributed by atoms with Crippen LogP contribution in [0.2, 0.25) is 0 Å². The third-order valence-corrected chi connectivity index (χ3v) is 6.57. The number of carbonyl (C=O) groups excluding carboxylic acids is 1. The zero-order chi connectivity index (χ0) is 23.5. The highest BCUT2D eigenvalue weighted by molar-refractivity contribution is 7.22. The molecule has 0 radical (unpaired) electrons. The molecule has 0 fully saturated rings. The molecule has 172 valence electrons. The van der Waals surface area contributed by atoms with Gasteiger partial charge in [0.2, 0.25) is 5.91 Å². The van der Waals surface area contributed by atoms with Crippen molar-refractivity contribution in [2.45, 2.75) is 20.4 Å². The fraction of sp³-hybridized carbons (Fsp3) is 0.292. The van der Waals surface area contributed by atoms with E-state index in [0.29, 0.717) is 18.0 Å². The Labute approximate surface area is 196 Å². The van der Waals surface area contributed by atoms with Gasteiger partial charge in [-0.2, -0.15) is 10.1 Å². The molecule has 0 saturated heterocycles. The first-order chi connectivity index (χ1) is 15.9. The lowest BCUT2D eigenvalue weighted by Crippen LogP contribution is -2.34. The van der Waals surface area contributed by atoms with Gasteiger partial charge in [0.05, 0.1) is 36.8 Å². The number of nitrogens with one attached hydrogen (secondary N) is 1. The Bertz CT molecular complexity index is 1300. The topological polar surface area (TPSA) is 81.5 Å². The maximum atomic E-state index is 12.6. The molecule has 0 unspecified atom stereocenters. The summed E-state index contributed by atoms with van der Waals surface area (Å²) < 4.78 is 13.5. The maximum Gasteiger partial charge on any atom is 0.239 e. The number of ether oxygens (including phenoxy) is 2. The van der Waals surface area contributed by atoms with Crippen LogP contribution in [0.5, 0.6) is 11.5 Å². The molecular weight excluding hydrogens is 438 g/mol. The summed E-state index contributed by atoms with van der Waals surface area (Å²) in [6.07, 6.45) is 0.